The third-order valence-corrected chi connectivity index (χ3v) is 4.44. The average molecular weight is 415 g/mol. The summed E-state index contributed by atoms with van der Waals surface area (Å²) in [6.07, 6.45) is -0.244. The Morgan fingerprint density at radius 1 is 1.08 bits per heavy atom. The lowest BCUT2D eigenvalue weighted by Gasteiger charge is -2.35. The van der Waals surface area contributed by atoms with Gasteiger partial charge >= 0.3 is 6.09 Å². The second-order valence-electron chi connectivity index (χ2n) is 7.03. The van der Waals surface area contributed by atoms with E-state index in [0.717, 1.165) is 34.6 Å². The van der Waals surface area contributed by atoms with Crippen molar-refractivity contribution in [1.29, 1.82) is 0 Å². The van der Waals surface area contributed by atoms with Crippen LogP contribution in [0, 0.1) is 0 Å². The monoisotopic (exact) mass is 414 g/mol. The van der Waals surface area contributed by atoms with E-state index in [1.165, 1.54) is 0 Å². The van der Waals surface area contributed by atoms with E-state index in [9.17, 15) is 4.79 Å². The van der Waals surface area contributed by atoms with Crippen LogP contribution in [-0.4, -0.2) is 61.9 Å². The molecule has 0 N–H and O–H groups in total. The summed E-state index contributed by atoms with van der Waals surface area (Å²) in [5.74, 6) is 1.58. The molecule has 1 aliphatic rings. The molecule has 7 heteroatoms. The first-order valence-electron chi connectivity index (χ1n) is 8.34. The van der Waals surface area contributed by atoms with E-state index >= 15 is 0 Å². The summed E-state index contributed by atoms with van der Waals surface area (Å²) >= 11 is 3.47. The van der Waals surface area contributed by atoms with Crippen molar-refractivity contribution in [2.24, 2.45) is 0 Å². The SMILES string of the molecule is COc1cc(Br)cc(OC)c1CN1CCN(C(=O)OC(C)(C)C)CC1. The summed E-state index contributed by atoms with van der Waals surface area (Å²) in [4.78, 5) is 16.2. The highest BCUT2D eigenvalue weighted by atomic mass is 79.9. The first-order chi connectivity index (χ1) is 11.7. The number of hydrogen-bond donors (Lipinski definition) is 0. The molecule has 0 aliphatic carbocycles. The minimum atomic E-state index is -0.466. The molecule has 0 bridgehead atoms. The Labute approximate surface area is 158 Å². The molecular weight excluding hydrogens is 388 g/mol. The number of ether oxygens (including phenoxy) is 3. The third-order valence-electron chi connectivity index (χ3n) is 3.98. The van der Waals surface area contributed by atoms with E-state index in [4.69, 9.17) is 14.2 Å². The van der Waals surface area contributed by atoms with Gasteiger partial charge in [0.25, 0.3) is 0 Å². The number of benzene rings is 1. The van der Waals surface area contributed by atoms with Crippen LogP contribution >= 0.6 is 15.9 Å². The van der Waals surface area contributed by atoms with Gasteiger partial charge in [-0.2, -0.15) is 0 Å². The van der Waals surface area contributed by atoms with Crippen molar-refractivity contribution in [3.8, 4) is 11.5 Å². The second kappa shape index (κ2) is 8.27. The van der Waals surface area contributed by atoms with Gasteiger partial charge in [0.05, 0.1) is 19.8 Å². The molecule has 0 saturated carbocycles. The van der Waals surface area contributed by atoms with Crippen molar-refractivity contribution in [3.05, 3.63) is 22.2 Å². The molecule has 0 radical (unpaired) electrons. The van der Waals surface area contributed by atoms with Crippen LogP contribution in [0.4, 0.5) is 4.79 Å². The average Bonchev–Trinajstić information content (AvgIpc) is 2.55. The van der Waals surface area contributed by atoms with Gasteiger partial charge in [0.15, 0.2) is 0 Å². The van der Waals surface area contributed by atoms with Crippen LogP contribution in [0.1, 0.15) is 26.3 Å². The summed E-state index contributed by atoms with van der Waals surface area (Å²) in [6, 6.07) is 3.88. The minimum absolute atomic E-state index is 0.244. The Morgan fingerprint density at radius 3 is 2.04 bits per heavy atom. The van der Waals surface area contributed by atoms with Crippen molar-refractivity contribution in [3.63, 3.8) is 0 Å². The van der Waals surface area contributed by atoms with Gasteiger partial charge in [-0.1, -0.05) is 15.9 Å². The Kier molecular flexibility index (Phi) is 6.57. The third kappa shape index (κ3) is 5.51. The summed E-state index contributed by atoms with van der Waals surface area (Å²) in [6.45, 7) is 9.21. The first kappa shape index (κ1) is 19.8. The number of nitrogens with zero attached hydrogens (tertiary/aromatic N) is 2. The maximum Gasteiger partial charge on any atom is 0.410 e. The number of carbonyl (C=O) groups is 1. The summed E-state index contributed by atoms with van der Waals surface area (Å²) in [7, 11) is 3.32. The molecule has 0 spiro atoms. The highest BCUT2D eigenvalue weighted by Gasteiger charge is 2.26. The Morgan fingerprint density at radius 2 is 1.60 bits per heavy atom. The maximum absolute atomic E-state index is 12.2. The molecule has 1 aromatic carbocycles. The molecule has 140 valence electrons. The van der Waals surface area contributed by atoms with E-state index in [0.29, 0.717) is 19.6 Å². The topological polar surface area (TPSA) is 51.2 Å². The number of rotatable bonds is 4. The van der Waals surface area contributed by atoms with Gasteiger partial charge in [0, 0.05) is 37.2 Å². The number of methoxy groups -OCH3 is 2. The Bertz CT molecular complexity index is 583. The predicted molar refractivity (Wildman–Crippen MR) is 100 cm³/mol. The molecule has 6 nitrogen and oxygen atoms in total. The molecule has 0 atom stereocenters. The van der Waals surface area contributed by atoms with Gasteiger partial charge in [-0.25, -0.2) is 4.79 Å². The van der Waals surface area contributed by atoms with E-state index in [1.54, 1.807) is 19.1 Å². The molecule has 1 heterocycles. The quantitative estimate of drug-likeness (QED) is 0.754. The first-order valence-corrected chi connectivity index (χ1v) is 9.13. The van der Waals surface area contributed by atoms with Gasteiger partial charge in [0.1, 0.15) is 17.1 Å². The lowest BCUT2D eigenvalue weighted by molar-refractivity contribution is 0.0138. The van der Waals surface area contributed by atoms with Crippen LogP contribution < -0.4 is 9.47 Å². The van der Waals surface area contributed by atoms with Gasteiger partial charge in [-0.3, -0.25) is 4.90 Å². The molecule has 1 fully saturated rings. The minimum Gasteiger partial charge on any atom is -0.496 e. The zero-order valence-corrected chi connectivity index (χ0v) is 17.2. The van der Waals surface area contributed by atoms with Crippen molar-refractivity contribution in [2.45, 2.75) is 32.9 Å². The highest BCUT2D eigenvalue weighted by Crippen LogP contribution is 2.34. The number of hydrogen-bond acceptors (Lipinski definition) is 5. The van der Waals surface area contributed by atoms with E-state index < -0.39 is 5.60 Å². The van der Waals surface area contributed by atoms with Crippen LogP contribution in [0.2, 0.25) is 0 Å². The molecule has 25 heavy (non-hydrogen) atoms. The molecule has 1 amide bonds. The van der Waals surface area contributed by atoms with Gasteiger partial charge < -0.3 is 19.1 Å². The van der Waals surface area contributed by atoms with Crippen LogP contribution in [0.5, 0.6) is 11.5 Å². The fourth-order valence-electron chi connectivity index (χ4n) is 2.75. The molecule has 1 saturated heterocycles. The standard InChI is InChI=1S/C18H27BrN2O4/c1-18(2,3)25-17(22)21-8-6-20(7-9-21)12-14-15(23-4)10-13(19)11-16(14)24-5/h10-11H,6-9,12H2,1-5H3. The number of piperazine rings is 1. The van der Waals surface area contributed by atoms with Crippen LogP contribution in [0.25, 0.3) is 0 Å². The lowest BCUT2D eigenvalue weighted by atomic mass is 10.1. The smallest absolute Gasteiger partial charge is 0.410 e. The summed E-state index contributed by atoms with van der Waals surface area (Å²) < 4.78 is 17.4. The molecule has 0 aromatic heterocycles. The van der Waals surface area contributed by atoms with E-state index in [2.05, 4.69) is 20.8 Å². The predicted octanol–water partition coefficient (Wildman–Crippen LogP) is 3.52. The number of amides is 1. The molecule has 2 rings (SSSR count). The fourth-order valence-corrected chi connectivity index (χ4v) is 3.16. The largest absolute Gasteiger partial charge is 0.496 e. The number of carbonyl (C=O) groups excluding carboxylic acids is 1. The van der Waals surface area contributed by atoms with Crippen LogP contribution in [-0.2, 0) is 11.3 Å². The summed E-state index contributed by atoms with van der Waals surface area (Å²) in [5, 5.41) is 0. The Hall–Kier alpha value is -1.47. The second-order valence-corrected chi connectivity index (χ2v) is 7.95. The summed E-state index contributed by atoms with van der Waals surface area (Å²) in [5.41, 5.74) is 0.547. The molecule has 0 unspecified atom stereocenters. The highest BCUT2D eigenvalue weighted by molar-refractivity contribution is 9.10. The molecule has 1 aromatic rings. The maximum atomic E-state index is 12.2. The van der Waals surface area contributed by atoms with Gasteiger partial charge in [0.2, 0.25) is 0 Å². The zero-order valence-electron chi connectivity index (χ0n) is 15.6. The van der Waals surface area contributed by atoms with E-state index in [-0.39, 0.29) is 6.09 Å². The van der Waals surface area contributed by atoms with Crippen molar-refractivity contribution < 1.29 is 19.0 Å². The fraction of sp³-hybridized carbons (Fsp3) is 0.611. The van der Waals surface area contributed by atoms with Crippen molar-refractivity contribution in [1.82, 2.24) is 9.80 Å². The van der Waals surface area contributed by atoms with Crippen molar-refractivity contribution in [2.75, 3.05) is 40.4 Å². The normalized spacial score (nSPS) is 15.8. The Balaban J connectivity index is 2.00. The van der Waals surface area contributed by atoms with Crippen molar-refractivity contribution >= 4 is 22.0 Å². The van der Waals surface area contributed by atoms with Crippen LogP contribution in [0.15, 0.2) is 16.6 Å². The van der Waals surface area contributed by atoms with Gasteiger partial charge in [-0.05, 0) is 32.9 Å². The van der Waals surface area contributed by atoms with E-state index in [1.807, 2.05) is 32.9 Å². The zero-order chi connectivity index (χ0) is 18.6. The molecule has 1 aliphatic heterocycles. The number of halogens is 1. The lowest BCUT2D eigenvalue weighted by Crippen LogP contribution is -2.49. The van der Waals surface area contributed by atoms with Gasteiger partial charge in [-0.15, -0.1) is 0 Å². The van der Waals surface area contributed by atoms with Crippen LogP contribution in [0.3, 0.4) is 0 Å². The molecular formula is C18H27BrN2O4.